The molecule has 0 spiro atoms. The molecular formula is C12H10F3NO2S. The van der Waals surface area contributed by atoms with E-state index >= 15 is 0 Å². The quantitative estimate of drug-likeness (QED) is 0.942. The molecule has 0 radical (unpaired) electrons. The number of rotatable bonds is 3. The molecule has 102 valence electrons. The molecular weight excluding hydrogens is 279 g/mol. The van der Waals surface area contributed by atoms with Gasteiger partial charge in [0.05, 0.1) is 29.7 Å². The summed E-state index contributed by atoms with van der Waals surface area (Å²) in [6.45, 7) is -0.299. The van der Waals surface area contributed by atoms with E-state index in [0.29, 0.717) is 16.0 Å². The third kappa shape index (κ3) is 2.71. The predicted molar refractivity (Wildman–Crippen MR) is 65.0 cm³/mol. The van der Waals surface area contributed by atoms with Crippen molar-refractivity contribution in [3.8, 4) is 17.0 Å². The summed E-state index contributed by atoms with van der Waals surface area (Å²) in [5.41, 5.74) is -0.0206. The van der Waals surface area contributed by atoms with Crippen LogP contribution in [0.15, 0.2) is 24.3 Å². The van der Waals surface area contributed by atoms with E-state index in [0.717, 1.165) is 23.7 Å². The Morgan fingerprint density at radius 3 is 2.68 bits per heavy atom. The van der Waals surface area contributed by atoms with E-state index in [1.165, 1.54) is 19.2 Å². The molecule has 0 saturated carbocycles. The number of benzene rings is 1. The third-order valence-corrected chi connectivity index (χ3v) is 3.36. The maximum Gasteiger partial charge on any atom is 0.416 e. The standard InChI is InChI=1S/C12H10F3NO2S/c1-18-11-10(9(6-17)19-16-11)7-3-2-4-8(5-7)12(13,14)15/h2-5,17H,6H2,1H3. The van der Waals surface area contributed by atoms with Crippen molar-refractivity contribution in [3.05, 3.63) is 34.7 Å². The number of nitrogens with zero attached hydrogens (tertiary/aromatic N) is 1. The Bertz CT molecular complexity index is 559. The van der Waals surface area contributed by atoms with Crippen LogP contribution in [-0.4, -0.2) is 16.6 Å². The molecule has 0 fully saturated rings. The Morgan fingerprint density at radius 2 is 2.11 bits per heavy atom. The Labute approximate surface area is 111 Å². The zero-order valence-corrected chi connectivity index (χ0v) is 10.7. The van der Waals surface area contributed by atoms with Crippen LogP contribution in [-0.2, 0) is 12.8 Å². The molecule has 0 unspecified atom stereocenters. The molecule has 0 aliphatic carbocycles. The first kappa shape index (κ1) is 13.8. The first-order chi connectivity index (χ1) is 8.97. The number of halogens is 3. The van der Waals surface area contributed by atoms with E-state index in [4.69, 9.17) is 4.74 Å². The van der Waals surface area contributed by atoms with E-state index in [2.05, 4.69) is 4.37 Å². The molecule has 1 heterocycles. The largest absolute Gasteiger partial charge is 0.480 e. The van der Waals surface area contributed by atoms with Crippen LogP contribution in [0.25, 0.3) is 11.1 Å². The monoisotopic (exact) mass is 289 g/mol. The van der Waals surface area contributed by atoms with Gasteiger partial charge in [-0.1, -0.05) is 12.1 Å². The number of methoxy groups -OCH3 is 1. The number of hydrogen-bond acceptors (Lipinski definition) is 4. The van der Waals surface area contributed by atoms with Crippen LogP contribution in [0.1, 0.15) is 10.4 Å². The molecule has 0 amide bonds. The molecule has 19 heavy (non-hydrogen) atoms. The normalized spacial score (nSPS) is 11.6. The Hall–Kier alpha value is -1.60. The molecule has 1 N–H and O–H groups in total. The van der Waals surface area contributed by atoms with Gasteiger partial charge in [-0.2, -0.15) is 17.5 Å². The zero-order chi connectivity index (χ0) is 14.0. The van der Waals surface area contributed by atoms with E-state index in [1.807, 2.05) is 0 Å². The average Bonchev–Trinajstić information content (AvgIpc) is 2.80. The van der Waals surface area contributed by atoms with Gasteiger partial charge in [0.1, 0.15) is 0 Å². The van der Waals surface area contributed by atoms with E-state index in [1.54, 1.807) is 0 Å². The first-order valence-electron chi connectivity index (χ1n) is 5.28. The smallest absolute Gasteiger partial charge is 0.416 e. The van der Waals surface area contributed by atoms with E-state index in [-0.39, 0.29) is 12.5 Å². The maximum absolute atomic E-state index is 12.7. The highest BCUT2D eigenvalue weighted by molar-refractivity contribution is 7.06. The number of aliphatic hydroxyl groups is 1. The van der Waals surface area contributed by atoms with Gasteiger partial charge in [0.2, 0.25) is 5.88 Å². The second-order valence-electron chi connectivity index (χ2n) is 3.73. The van der Waals surface area contributed by atoms with Crippen LogP contribution in [0.4, 0.5) is 13.2 Å². The van der Waals surface area contributed by atoms with Crippen LogP contribution in [0.2, 0.25) is 0 Å². The van der Waals surface area contributed by atoms with E-state index in [9.17, 15) is 18.3 Å². The van der Waals surface area contributed by atoms with Crippen molar-refractivity contribution >= 4 is 11.5 Å². The van der Waals surface area contributed by atoms with Crippen LogP contribution < -0.4 is 4.74 Å². The second-order valence-corrected chi connectivity index (χ2v) is 4.58. The topological polar surface area (TPSA) is 42.4 Å². The van der Waals surface area contributed by atoms with Crippen molar-refractivity contribution in [2.75, 3.05) is 7.11 Å². The minimum absolute atomic E-state index is 0.216. The summed E-state index contributed by atoms with van der Waals surface area (Å²) in [6.07, 6.45) is -4.41. The number of hydrogen-bond donors (Lipinski definition) is 1. The fourth-order valence-electron chi connectivity index (χ4n) is 1.69. The molecule has 0 saturated heterocycles. The molecule has 0 atom stereocenters. The highest BCUT2D eigenvalue weighted by Crippen LogP contribution is 2.38. The third-order valence-electron chi connectivity index (χ3n) is 2.55. The predicted octanol–water partition coefficient (Wildman–Crippen LogP) is 3.33. The number of aliphatic hydroxyl groups excluding tert-OH is 1. The molecule has 0 aliphatic rings. The molecule has 1 aromatic heterocycles. The lowest BCUT2D eigenvalue weighted by Gasteiger charge is -2.09. The van der Waals surface area contributed by atoms with Crippen LogP contribution in [0.3, 0.4) is 0 Å². The Morgan fingerprint density at radius 1 is 1.37 bits per heavy atom. The van der Waals surface area contributed by atoms with Gasteiger partial charge in [0, 0.05) is 0 Å². The van der Waals surface area contributed by atoms with Gasteiger partial charge in [-0.25, -0.2) is 0 Å². The molecule has 1 aromatic carbocycles. The SMILES string of the molecule is COc1nsc(CO)c1-c1cccc(C(F)(F)F)c1. The lowest BCUT2D eigenvalue weighted by molar-refractivity contribution is -0.137. The summed E-state index contributed by atoms with van der Waals surface area (Å²) in [5.74, 6) is 0.216. The fourth-order valence-corrected chi connectivity index (χ4v) is 2.40. The van der Waals surface area contributed by atoms with Gasteiger partial charge in [0.25, 0.3) is 0 Å². The van der Waals surface area contributed by atoms with Gasteiger partial charge in [-0.15, -0.1) is 0 Å². The summed E-state index contributed by atoms with van der Waals surface area (Å²) in [6, 6.07) is 4.86. The Balaban J connectivity index is 2.56. The molecule has 3 nitrogen and oxygen atoms in total. The Kier molecular flexibility index (Phi) is 3.77. The second kappa shape index (κ2) is 5.18. The fraction of sp³-hybridized carbons (Fsp3) is 0.250. The van der Waals surface area contributed by atoms with Gasteiger partial charge in [-0.05, 0) is 29.2 Å². The molecule has 2 aromatic rings. The lowest BCUT2D eigenvalue weighted by atomic mass is 10.0. The van der Waals surface area contributed by atoms with Crippen LogP contribution in [0, 0.1) is 0 Å². The molecule has 2 rings (SSSR count). The van der Waals surface area contributed by atoms with Crippen molar-refractivity contribution in [3.63, 3.8) is 0 Å². The van der Waals surface area contributed by atoms with Gasteiger partial charge in [0.15, 0.2) is 0 Å². The summed E-state index contributed by atoms with van der Waals surface area (Å²) in [5, 5.41) is 9.21. The lowest BCUT2D eigenvalue weighted by Crippen LogP contribution is -2.04. The number of ether oxygens (including phenoxy) is 1. The maximum atomic E-state index is 12.7. The highest BCUT2D eigenvalue weighted by Gasteiger charge is 2.31. The molecule has 7 heteroatoms. The van der Waals surface area contributed by atoms with Crippen molar-refractivity contribution in [2.45, 2.75) is 12.8 Å². The van der Waals surface area contributed by atoms with Crippen molar-refractivity contribution < 1.29 is 23.0 Å². The van der Waals surface area contributed by atoms with Crippen LogP contribution >= 0.6 is 11.5 Å². The van der Waals surface area contributed by atoms with Crippen molar-refractivity contribution in [1.29, 1.82) is 0 Å². The first-order valence-corrected chi connectivity index (χ1v) is 6.05. The highest BCUT2D eigenvalue weighted by atomic mass is 32.1. The minimum atomic E-state index is -4.41. The number of alkyl halides is 3. The summed E-state index contributed by atoms with van der Waals surface area (Å²) in [7, 11) is 1.38. The van der Waals surface area contributed by atoms with Crippen molar-refractivity contribution in [1.82, 2.24) is 4.37 Å². The average molecular weight is 289 g/mol. The molecule has 0 aliphatic heterocycles. The van der Waals surface area contributed by atoms with Gasteiger partial charge < -0.3 is 9.84 Å². The van der Waals surface area contributed by atoms with Crippen molar-refractivity contribution in [2.24, 2.45) is 0 Å². The summed E-state index contributed by atoms with van der Waals surface area (Å²) < 4.78 is 47.0. The summed E-state index contributed by atoms with van der Waals surface area (Å²) >= 11 is 1.00. The zero-order valence-electron chi connectivity index (χ0n) is 9.86. The summed E-state index contributed by atoms with van der Waals surface area (Å²) in [4.78, 5) is 0.469. The van der Waals surface area contributed by atoms with E-state index < -0.39 is 11.7 Å². The minimum Gasteiger partial charge on any atom is -0.480 e. The number of aromatic nitrogens is 1. The van der Waals surface area contributed by atoms with Crippen LogP contribution in [0.5, 0.6) is 5.88 Å². The van der Waals surface area contributed by atoms with Gasteiger partial charge >= 0.3 is 6.18 Å². The molecule has 0 bridgehead atoms. The van der Waals surface area contributed by atoms with Gasteiger partial charge in [-0.3, -0.25) is 0 Å².